The molecule has 0 radical (unpaired) electrons. The van der Waals surface area contributed by atoms with E-state index in [1.54, 1.807) is 30.6 Å². The minimum absolute atomic E-state index is 0.134. The molecule has 2 aromatic carbocycles. The van der Waals surface area contributed by atoms with Gasteiger partial charge in [-0.05, 0) is 49.4 Å². The second-order valence-electron chi connectivity index (χ2n) is 6.05. The number of hydrogen-bond acceptors (Lipinski definition) is 4. The van der Waals surface area contributed by atoms with E-state index in [2.05, 4.69) is 21.2 Å². The number of aryl methyl sites for hydroxylation is 1. The summed E-state index contributed by atoms with van der Waals surface area (Å²) in [5, 5.41) is 1.96. The third-order valence-electron chi connectivity index (χ3n) is 4.40. The van der Waals surface area contributed by atoms with Crippen LogP contribution in [0.5, 0.6) is 0 Å². The standard InChI is InChI=1S/C19H18N4O2S/c1-2-23-18-7-6-14(11-16(18)17-12-21-9-8-19(17)23)22-26(24,25)15-5-3-4-13(20)10-15/h3-12,22H,2,20H2,1H3. The molecule has 2 aromatic heterocycles. The van der Waals surface area contributed by atoms with E-state index in [-0.39, 0.29) is 4.90 Å². The van der Waals surface area contributed by atoms with Crippen molar-refractivity contribution in [2.45, 2.75) is 18.4 Å². The summed E-state index contributed by atoms with van der Waals surface area (Å²) in [6.45, 7) is 2.90. The molecule has 7 heteroatoms. The van der Waals surface area contributed by atoms with Gasteiger partial charge in [0, 0.05) is 46.6 Å². The summed E-state index contributed by atoms with van der Waals surface area (Å²) in [5.41, 5.74) is 8.72. The van der Waals surface area contributed by atoms with Crippen LogP contribution in [0.3, 0.4) is 0 Å². The SMILES string of the molecule is CCn1c2ccncc2c2cc(NS(=O)(=O)c3cccc(N)c3)ccc21. The Bertz CT molecular complexity index is 1230. The number of rotatable bonds is 4. The Morgan fingerprint density at radius 1 is 1.08 bits per heavy atom. The van der Waals surface area contributed by atoms with E-state index < -0.39 is 10.0 Å². The van der Waals surface area contributed by atoms with E-state index in [9.17, 15) is 8.42 Å². The maximum absolute atomic E-state index is 12.6. The number of aromatic nitrogens is 2. The summed E-state index contributed by atoms with van der Waals surface area (Å²) in [4.78, 5) is 4.34. The Hall–Kier alpha value is -3.06. The summed E-state index contributed by atoms with van der Waals surface area (Å²) in [6, 6.07) is 13.7. The van der Waals surface area contributed by atoms with Crippen molar-refractivity contribution in [3.63, 3.8) is 0 Å². The second-order valence-corrected chi connectivity index (χ2v) is 7.73. The molecule has 6 nitrogen and oxygen atoms in total. The molecule has 0 spiro atoms. The summed E-state index contributed by atoms with van der Waals surface area (Å²) in [7, 11) is -3.71. The number of pyridine rings is 1. The molecule has 26 heavy (non-hydrogen) atoms. The minimum Gasteiger partial charge on any atom is -0.399 e. The first kappa shape index (κ1) is 16.4. The Morgan fingerprint density at radius 3 is 2.65 bits per heavy atom. The number of hydrogen-bond donors (Lipinski definition) is 2. The lowest BCUT2D eigenvalue weighted by molar-refractivity contribution is 0.601. The number of nitrogens with zero attached hydrogens (tertiary/aromatic N) is 2. The van der Waals surface area contributed by atoms with Crippen LogP contribution in [0.15, 0.2) is 65.8 Å². The van der Waals surface area contributed by atoms with Crippen LogP contribution in [-0.2, 0) is 16.6 Å². The Labute approximate surface area is 151 Å². The number of fused-ring (bicyclic) bond motifs is 3. The molecule has 4 rings (SSSR count). The molecule has 0 amide bonds. The normalized spacial score (nSPS) is 11.9. The monoisotopic (exact) mass is 366 g/mol. The third kappa shape index (κ3) is 2.66. The van der Waals surface area contributed by atoms with Gasteiger partial charge in [0.2, 0.25) is 0 Å². The van der Waals surface area contributed by atoms with Crippen LogP contribution in [0.1, 0.15) is 6.92 Å². The maximum Gasteiger partial charge on any atom is 0.261 e. The molecule has 0 saturated carbocycles. The van der Waals surface area contributed by atoms with Gasteiger partial charge in [-0.1, -0.05) is 6.07 Å². The summed E-state index contributed by atoms with van der Waals surface area (Å²) in [6.07, 6.45) is 3.57. The van der Waals surface area contributed by atoms with Crippen molar-refractivity contribution in [3.8, 4) is 0 Å². The van der Waals surface area contributed by atoms with Gasteiger partial charge < -0.3 is 10.3 Å². The highest BCUT2D eigenvalue weighted by Gasteiger charge is 2.16. The van der Waals surface area contributed by atoms with E-state index in [0.717, 1.165) is 28.4 Å². The topological polar surface area (TPSA) is 90.0 Å². The number of benzene rings is 2. The second kappa shape index (κ2) is 6.03. The number of nitrogen functional groups attached to an aromatic ring is 1. The fourth-order valence-corrected chi connectivity index (χ4v) is 4.35. The predicted octanol–water partition coefficient (Wildman–Crippen LogP) is 3.59. The van der Waals surface area contributed by atoms with Crippen molar-refractivity contribution in [2.24, 2.45) is 0 Å². The lowest BCUT2D eigenvalue weighted by Gasteiger charge is -2.09. The van der Waals surface area contributed by atoms with Crippen LogP contribution in [0.25, 0.3) is 21.8 Å². The fourth-order valence-electron chi connectivity index (χ4n) is 3.25. The van der Waals surface area contributed by atoms with Crippen LogP contribution in [-0.4, -0.2) is 18.0 Å². The van der Waals surface area contributed by atoms with Gasteiger partial charge >= 0.3 is 0 Å². The van der Waals surface area contributed by atoms with Crippen molar-refractivity contribution in [1.29, 1.82) is 0 Å². The molecule has 0 aliphatic carbocycles. The summed E-state index contributed by atoms with van der Waals surface area (Å²) >= 11 is 0. The van der Waals surface area contributed by atoms with Gasteiger partial charge in [0.25, 0.3) is 10.0 Å². The van der Waals surface area contributed by atoms with Gasteiger partial charge in [-0.2, -0.15) is 0 Å². The maximum atomic E-state index is 12.6. The smallest absolute Gasteiger partial charge is 0.261 e. The molecule has 3 N–H and O–H groups in total. The number of anilines is 2. The molecule has 0 aliphatic heterocycles. The highest BCUT2D eigenvalue weighted by molar-refractivity contribution is 7.92. The lowest BCUT2D eigenvalue weighted by atomic mass is 10.2. The average molecular weight is 366 g/mol. The van der Waals surface area contributed by atoms with Crippen molar-refractivity contribution >= 4 is 43.2 Å². The Morgan fingerprint density at radius 2 is 1.88 bits per heavy atom. The van der Waals surface area contributed by atoms with Gasteiger partial charge in [0.05, 0.1) is 10.4 Å². The molecule has 2 heterocycles. The highest BCUT2D eigenvalue weighted by atomic mass is 32.2. The summed E-state index contributed by atoms with van der Waals surface area (Å²) < 4.78 is 30.1. The molecule has 0 saturated heterocycles. The van der Waals surface area contributed by atoms with Crippen LogP contribution in [0.2, 0.25) is 0 Å². The van der Waals surface area contributed by atoms with E-state index >= 15 is 0 Å². The van der Waals surface area contributed by atoms with E-state index in [0.29, 0.717) is 11.4 Å². The van der Waals surface area contributed by atoms with Gasteiger partial charge in [-0.3, -0.25) is 9.71 Å². The molecule has 0 bridgehead atoms. The van der Waals surface area contributed by atoms with E-state index in [4.69, 9.17) is 5.73 Å². The zero-order chi connectivity index (χ0) is 18.3. The van der Waals surface area contributed by atoms with Crippen LogP contribution in [0, 0.1) is 0 Å². The molecular formula is C19H18N4O2S. The summed E-state index contributed by atoms with van der Waals surface area (Å²) in [5.74, 6) is 0. The molecule has 4 aromatic rings. The van der Waals surface area contributed by atoms with Gasteiger partial charge in [-0.25, -0.2) is 8.42 Å². The first-order chi connectivity index (χ1) is 12.5. The zero-order valence-electron chi connectivity index (χ0n) is 14.2. The number of nitrogens with two attached hydrogens (primary N) is 1. The molecule has 0 atom stereocenters. The first-order valence-corrected chi connectivity index (χ1v) is 9.72. The zero-order valence-corrected chi connectivity index (χ0v) is 15.0. The lowest BCUT2D eigenvalue weighted by Crippen LogP contribution is -2.13. The van der Waals surface area contributed by atoms with Gasteiger partial charge in [-0.15, -0.1) is 0 Å². The highest BCUT2D eigenvalue weighted by Crippen LogP contribution is 2.31. The third-order valence-corrected chi connectivity index (χ3v) is 5.78. The van der Waals surface area contributed by atoms with Crippen molar-refractivity contribution in [1.82, 2.24) is 9.55 Å². The van der Waals surface area contributed by atoms with Crippen LogP contribution < -0.4 is 10.5 Å². The first-order valence-electron chi connectivity index (χ1n) is 8.24. The minimum atomic E-state index is -3.71. The van der Waals surface area contributed by atoms with Crippen LogP contribution in [0.4, 0.5) is 11.4 Å². The Balaban J connectivity index is 1.82. The van der Waals surface area contributed by atoms with Crippen molar-refractivity contribution in [2.75, 3.05) is 10.5 Å². The quantitative estimate of drug-likeness (QED) is 0.540. The Kier molecular flexibility index (Phi) is 3.81. The number of sulfonamides is 1. The average Bonchev–Trinajstić information content (AvgIpc) is 2.94. The largest absolute Gasteiger partial charge is 0.399 e. The molecule has 0 unspecified atom stereocenters. The molecule has 0 aliphatic rings. The van der Waals surface area contributed by atoms with Crippen LogP contribution >= 0.6 is 0 Å². The van der Waals surface area contributed by atoms with Gasteiger partial charge in [0.15, 0.2) is 0 Å². The molecule has 132 valence electrons. The number of nitrogens with one attached hydrogen (secondary N) is 1. The van der Waals surface area contributed by atoms with Crippen molar-refractivity contribution < 1.29 is 8.42 Å². The predicted molar refractivity (Wildman–Crippen MR) is 105 cm³/mol. The fraction of sp³-hybridized carbons (Fsp3) is 0.105. The van der Waals surface area contributed by atoms with E-state index in [1.165, 1.54) is 12.1 Å². The van der Waals surface area contributed by atoms with Crippen molar-refractivity contribution in [3.05, 3.63) is 60.9 Å². The van der Waals surface area contributed by atoms with E-state index in [1.807, 2.05) is 18.2 Å². The van der Waals surface area contributed by atoms with Gasteiger partial charge in [0.1, 0.15) is 0 Å². The molecule has 0 fully saturated rings. The molecular weight excluding hydrogens is 348 g/mol.